The molecule has 2 spiro atoms. The van der Waals surface area contributed by atoms with Gasteiger partial charge in [-0.15, -0.1) is 0 Å². The summed E-state index contributed by atoms with van der Waals surface area (Å²) in [6.45, 7) is 27.3. The summed E-state index contributed by atoms with van der Waals surface area (Å²) in [4.78, 5) is 195. The zero-order valence-electron chi connectivity index (χ0n) is 77.1. The van der Waals surface area contributed by atoms with Crippen molar-refractivity contribution >= 4 is 77.4 Å². The quantitative estimate of drug-likeness (QED) is 0.0160. The Balaban J connectivity index is 0.952. The zero-order chi connectivity index (χ0) is 93.1. The summed E-state index contributed by atoms with van der Waals surface area (Å²) in [6, 6.07) is 24.6. The molecule has 14 N–H and O–H groups in total. The number of benzene rings is 4. The van der Waals surface area contributed by atoms with Gasteiger partial charge in [0.05, 0.1) is 6.04 Å². The number of rotatable bonds is 41. The number of alkyl carbamates (subject to hydrolysis) is 2. The van der Waals surface area contributed by atoms with Crippen molar-refractivity contribution < 1.29 is 76.5 Å². The largest absolute Gasteiger partial charge is 0.444 e. The van der Waals surface area contributed by atoms with Gasteiger partial charge in [0.1, 0.15) is 71.2 Å². The van der Waals surface area contributed by atoms with E-state index in [1.54, 1.807) is 150 Å². The fourth-order valence-electron chi connectivity index (χ4n) is 16.6. The molecule has 4 heterocycles. The SMILES string of the molecule is CC(C)C[C@@H](NC(=O)[C@@H](Cc1ccccc1)NC(=O)[C@H](N)Cc1ccccc1)C(=O)N[C@H](CCCCN)C(=O)N1CCC2(CC1)CN(C(=O)[C@H](N)CN(C(=O)OC(C)(C)C)[C@H](Cc1ccccc1)C(=O)N[C@H](Cc1ccccc1)C(=O)N[C@H](CC(C)C)C(=O)N[C@H](CCCCNC(=O)OC(C)(C)C)C(=O)N1CCC3(CC1)CN(C(=O)[C@@H](C)NC(=O)OC(C)(C)C)C3)C2. The van der Waals surface area contributed by atoms with Gasteiger partial charge in [0.2, 0.25) is 59.1 Å². The van der Waals surface area contributed by atoms with Gasteiger partial charge in [0, 0.05) is 95.5 Å². The van der Waals surface area contributed by atoms with Gasteiger partial charge in [-0.1, -0.05) is 149 Å². The highest BCUT2D eigenvalue weighted by molar-refractivity contribution is 5.97. The van der Waals surface area contributed by atoms with Gasteiger partial charge >= 0.3 is 18.3 Å². The Labute approximate surface area is 749 Å². The first-order valence-electron chi connectivity index (χ1n) is 45.2. The molecule has 10 atom stereocenters. The van der Waals surface area contributed by atoms with Crippen molar-refractivity contribution in [3.05, 3.63) is 144 Å². The molecule has 4 aliphatic rings. The molecule has 4 aromatic rings. The molecule has 32 heteroatoms. The van der Waals surface area contributed by atoms with Crippen LogP contribution in [-0.4, -0.2) is 251 Å². The van der Waals surface area contributed by atoms with Gasteiger partial charge in [-0.25, -0.2) is 14.4 Å². The van der Waals surface area contributed by atoms with Crippen LogP contribution in [0.25, 0.3) is 0 Å². The smallest absolute Gasteiger partial charge is 0.411 e. The Morgan fingerprint density at radius 2 is 0.740 bits per heavy atom. The minimum atomic E-state index is -1.48. The zero-order valence-corrected chi connectivity index (χ0v) is 77.1. The molecule has 0 bridgehead atoms. The molecule has 8 rings (SSSR count). The average Bonchev–Trinajstić information content (AvgIpc) is 0.761. The fraction of sp³-hybridized carbons (Fsp3) is 0.611. The predicted octanol–water partition coefficient (Wildman–Crippen LogP) is 6.86. The molecule has 698 valence electrons. The van der Waals surface area contributed by atoms with Gasteiger partial charge in [0.15, 0.2) is 0 Å². The lowest BCUT2D eigenvalue weighted by molar-refractivity contribution is -0.152. The molecule has 127 heavy (non-hydrogen) atoms. The second kappa shape index (κ2) is 46.8. The second-order valence-corrected chi connectivity index (χ2v) is 38.9. The van der Waals surface area contributed by atoms with E-state index >= 15 is 14.4 Å². The number of amides is 13. The molecule has 32 nitrogen and oxygen atoms in total. The van der Waals surface area contributed by atoms with Gasteiger partial charge < -0.3 is 93.5 Å². The number of nitrogens with two attached hydrogens (primary N) is 3. The standard InChI is InChI=1S/C95H142N16O16/c1-62(2)51-73(104-81(115)75(54-66-33-21-16-22-34-66)103-78(112)69(97)53-65-31-19-15-20-32-65)79(113)101-71(39-27-29-45-96)86(120)107-49-43-95(44-50-107)60-110(61-95)85(119)70(98)57-111(90(124)127-93(12,13)14)77(56-68-37-25-18-26-38-68)83(117)106-76(55-67-35-23-17-24-36-67)82(116)105-74(52-63(3)4)80(114)102-72(40-28-30-46-99-88(122)125-91(6,7)8)87(121)108-47-41-94(42-48-108)58-109(59-94)84(118)64(5)100-89(123)126-92(9,10)11/h15-26,31-38,62-64,69-77H,27-30,39-61,96-98H2,1-14H3,(H,99,122)(H,100,123)(H,101,113)(H,102,114)(H,103,112)(H,104,115)(H,105,116)(H,106,117)/t64-,69-,70-,71-,72-,73-,74-,75-,76-,77-/m1/s1. The maximum atomic E-state index is 15.7. The van der Waals surface area contributed by atoms with E-state index in [9.17, 15) is 47.9 Å². The van der Waals surface area contributed by atoms with Crippen LogP contribution < -0.4 is 59.7 Å². The van der Waals surface area contributed by atoms with Crippen LogP contribution in [0.5, 0.6) is 0 Å². The van der Waals surface area contributed by atoms with Crippen molar-refractivity contribution in [3.8, 4) is 0 Å². The number of hydrogen-bond donors (Lipinski definition) is 11. The Kier molecular flexibility index (Phi) is 37.5. The maximum absolute atomic E-state index is 15.7. The molecular formula is C95H142N16O16. The number of nitrogens with one attached hydrogen (secondary N) is 8. The lowest BCUT2D eigenvalue weighted by Gasteiger charge is -2.54. The van der Waals surface area contributed by atoms with E-state index in [2.05, 4.69) is 42.5 Å². The van der Waals surface area contributed by atoms with Crippen LogP contribution in [0, 0.1) is 22.7 Å². The Morgan fingerprint density at radius 3 is 1.14 bits per heavy atom. The van der Waals surface area contributed by atoms with E-state index in [0.29, 0.717) is 108 Å². The third-order valence-electron chi connectivity index (χ3n) is 23.3. The third-order valence-corrected chi connectivity index (χ3v) is 23.3. The number of carbonyl (C=O) groups is 13. The van der Waals surface area contributed by atoms with Crippen molar-refractivity contribution in [2.75, 3.05) is 72.0 Å². The molecule has 0 aliphatic carbocycles. The molecule has 0 unspecified atom stereocenters. The monoisotopic (exact) mass is 1760 g/mol. The summed E-state index contributed by atoms with van der Waals surface area (Å²) in [5.74, 6) is -5.64. The number of hydrogen-bond acceptors (Lipinski definition) is 19. The average molecular weight is 1760 g/mol. The van der Waals surface area contributed by atoms with Crippen LogP contribution in [0.2, 0.25) is 0 Å². The van der Waals surface area contributed by atoms with Crippen molar-refractivity contribution in [2.45, 2.75) is 277 Å². The lowest BCUT2D eigenvalue weighted by atomic mass is 9.71. The van der Waals surface area contributed by atoms with Crippen LogP contribution in [-0.2, 0) is 87.8 Å². The number of unbranched alkanes of at least 4 members (excludes halogenated alkanes) is 2. The molecule has 0 radical (unpaired) electrons. The maximum Gasteiger partial charge on any atom is 0.411 e. The molecule has 13 amide bonds. The minimum absolute atomic E-state index is 0.0834. The Hall–Kier alpha value is -10.7. The fourth-order valence-corrected chi connectivity index (χ4v) is 16.6. The van der Waals surface area contributed by atoms with Crippen LogP contribution >= 0.6 is 0 Å². The first-order valence-corrected chi connectivity index (χ1v) is 45.2. The summed E-state index contributed by atoms with van der Waals surface area (Å²) < 4.78 is 16.8. The number of piperidine rings is 2. The first-order chi connectivity index (χ1) is 59.9. The molecule has 0 saturated carbocycles. The number of carbonyl (C=O) groups excluding carboxylic acids is 13. The molecule has 4 fully saturated rings. The van der Waals surface area contributed by atoms with Gasteiger partial charge in [0.25, 0.3) is 0 Å². The van der Waals surface area contributed by atoms with Crippen molar-refractivity contribution in [3.63, 3.8) is 0 Å². The van der Waals surface area contributed by atoms with Crippen molar-refractivity contribution in [1.82, 2.24) is 67.0 Å². The third kappa shape index (κ3) is 32.5. The number of ether oxygens (including phenoxy) is 3. The van der Waals surface area contributed by atoms with Crippen LogP contribution in [0.1, 0.15) is 196 Å². The van der Waals surface area contributed by atoms with E-state index in [-0.39, 0.29) is 106 Å². The summed E-state index contributed by atoms with van der Waals surface area (Å²) in [5, 5.41) is 23.1. The highest BCUT2D eigenvalue weighted by atomic mass is 16.6. The topological polar surface area (TPSA) is 440 Å². The first kappa shape index (κ1) is 102. The van der Waals surface area contributed by atoms with E-state index in [4.69, 9.17) is 31.4 Å². The molecule has 0 aromatic heterocycles. The highest BCUT2D eigenvalue weighted by Gasteiger charge is 2.51. The van der Waals surface area contributed by atoms with Crippen molar-refractivity contribution in [1.29, 1.82) is 0 Å². The molecule has 4 aliphatic heterocycles. The van der Waals surface area contributed by atoms with E-state index in [1.807, 2.05) is 88.4 Å². The van der Waals surface area contributed by atoms with Crippen LogP contribution in [0.4, 0.5) is 14.4 Å². The molecular weight excluding hydrogens is 1620 g/mol. The number of likely N-dealkylation sites (tertiary alicyclic amines) is 4. The van der Waals surface area contributed by atoms with Gasteiger partial charge in [-0.2, -0.15) is 0 Å². The number of nitrogens with zero attached hydrogens (tertiary/aromatic N) is 5. The van der Waals surface area contributed by atoms with Crippen molar-refractivity contribution in [2.24, 2.45) is 39.9 Å². The van der Waals surface area contributed by atoms with Gasteiger partial charge in [-0.05, 0) is 193 Å². The van der Waals surface area contributed by atoms with E-state index < -0.39 is 149 Å². The molecule has 4 saturated heterocycles. The van der Waals surface area contributed by atoms with Crippen LogP contribution in [0.15, 0.2) is 121 Å². The summed E-state index contributed by atoms with van der Waals surface area (Å²) in [6.07, 6.45) is 2.56. The summed E-state index contributed by atoms with van der Waals surface area (Å²) in [5.41, 5.74) is 18.9. The van der Waals surface area contributed by atoms with Gasteiger partial charge in [-0.3, -0.25) is 52.8 Å². The van der Waals surface area contributed by atoms with E-state index in [0.717, 1.165) is 16.0 Å². The lowest BCUT2D eigenvalue weighted by Crippen LogP contribution is -2.66. The second-order valence-electron chi connectivity index (χ2n) is 38.9. The Bertz CT molecular complexity index is 4300. The highest BCUT2D eigenvalue weighted by Crippen LogP contribution is 2.43. The Morgan fingerprint density at radius 1 is 0.386 bits per heavy atom. The normalized spacial score (nSPS) is 17.3. The molecule has 4 aromatic carbocycles. The predicted molar refractivity (Wildman–Crippen MR) is 483 cm³/mol. The van der Waals surface area contributed by atoms with E-state index in [1.165, 1.54) is 0 Å². The summed E-state index contributed by atoms with van der Waals surface area (Å²) >= 11 is 0. The summed E-state index contributed by atoms with van der Waals surface area (Å²) in [7, 11) is 0. The minimum Gasteiger partial charge on any atom is -0.444 e. The van der Waals surface area contributed by atoms with Crippen LogP contribution in [0.3, 0.4) is 0 Å².